The normalized spacial score (nSPS) is 10.6. The molecule has 0 aliphatic carbocycles. The lowest BCUT2D eigenvalue weighted by Gasteiger charge is -2.07. The Morgan fingerprint density at radius 3 is 2.38 bits per heavy atom. The molecule has 0 aromatic heterocycles. The molecule has 0 spiro atoms. The molecule has 0 atom stereocenters. The number of rotatable bonds is 6. The number of carbonyl (C=O) groups is 2. The molecule has 3 aromatic rings. The van der Waals surface area contributed by atoms with E-state index in [0.717, 1.165) is 11.1 Å². The van der Waals surface area contributed by atoms with Crippen molar-refractivity contribution in [3.8, 4) is 5.75 Å². The monoisotopic (exact) mass is 387 g/mol. The number of carbonyl (C=O) groups excluding carboxylic acids is 2. The lowest BCUT2D eigenvalue weighted by molar-refractivity contribution is 0.0954. The minimum Gasteiger partial charge on any atom is -0.496 e. The van der Waals surface area contributed by atoms with Gasteiger partial charge in [0.25, 0.3) is 11.8 Å². The molecule has 6 nitrogen and oxygen atoms in total. The summed E-state index contributed by atoms with van der Waals surface area (Å²) in [5.41, 5.74) is 5.86. The Hall–Kier alpha value is -3.93. The number of benzene rings is 3. The molecule has 0 aliphatic heterocycles. The quantitative estimate of drug-likeness (QED) is 0.495. The largest absolute Gasteiger partial charge is 0.496 e. The van der Waals surface area contributed by atoms with E-state index in [1.807, 2.05) is 49.4 Å². The number of nitrogens with zero attached hydrogens (tertiary/aromatic N) is 1. The van der Waals surface area contributed by atoms with E-state index >= 15 is 0 Å². The van der Waals surface area contributed by atoms with E-state index in [4.69, 9.17) is 4.74 Å². The highest BCUT2D eigenvalue weighted by atomic mass is 16.5. The number of hydrogen-bond acceptors (Lipinski definition) is 4. The average Bonchev–Trinajstić information content (AvgIpc) is 2.74. The Morgan fingerprint density at radius 1 is 0.897 bits per heavy atom. The Labute approximate surface area is 169 Å². The molecule has 0 saturated carbocycles. The van der Waals surface area contributed by atoms with Crippen LogP contribution >= 0.6 is 0 Å². The number of methoxy groups -OCH3 is 1. The maximum Gasteiger partial charge on any atom is 0.271 e. The Kier molecular flexibility index (Phi) is 6.37. The first-order chi connectivity index (χ1) is 14.1. The van der Waals surface area contributed by atoms with Crippen molar-refractivity contribution in [1.82, 2.24) is 5.43 Å². The predicted molar refractivity (Wildman–Crippen MR) is 114 cm³/mol. The van der Waals surface area contributed by atoms with Crippen molar-refractivity contribution in [3.05, 3.63) is 95.1 Å². The number of aryl methyl sites for hydroxylation is 1. The number of ether oxygens (including phenoxy) is 1. The van der Waals surface area contributed by atoms with E-state index in [1.54, 1.807) is 37.4 Å². The fourth-order valence-electron chi connectivity index (χ4n) is 2.69. The van der Waals surface area contributed by atoms with Gasteiger partial charge in [0, 0.05) is 22.4 Å². The molecule has 2 N–H and O–H groups in total. The number of amides is 2. The first-order valence-electron chi connectivity index (χ1n) is 9.01. The van der Waals surface area contributed by atoms with Crippen LogP contribution in [0.25, 0.3) is 0 Å². The van der Waals surface area contributed by atoms with E-state index in [1.165, 1.54) is 6.21 Å². The summed E-state index contributed by atoms with van der Waals surface area (Å²) < 4.78 is 5.23. The number of anilines is 1. The van der Waals surface area contributed by atoms with Gasteiger partial charge < -0.3 is 10.1 Å². The van der Waals surface area contributed by atoms with Crippen molar-refractivity contribution in [3.63, 3.8) is 0 Å². The molecule has 0 bridgehead atoms. The van der Waals surface area contributed by atoms with Gasteiger partial charge in [-0.2, -0.15) is 5.10 Å². The van der Waals surface area contributed by atoms with E-state index in [0.29, 0.717) is 22.6 Å². The van der Waals surface area contributed by atoms with Crippen molar-refractivity contribution in [2.24, 2.45) is 5.10 Å². The van der Waals surface area contributed by atoms with Crippen LogP contribution < -0.4 is 15.5 Å². The van der Waals surface area contributed by atoms with Crippen molar-refractivity contribution in [2.75, 3.05) is 12.4 Å². The first-order valence-corrected chi connectivity index (χ1v) is 9.01. The summed E-state index contributed by atoms with van der Waals surface area (Å²) >= 11 is 0. The van der Waals surface area contributed by atoms with Gasteiger partial charge in [-0.1, -0.05) is 29.8 Å². The highest BCUT2D eigenvalue weighted by Gasteiger charge is 2.08. The van der Waals surface area contributed by atoms with Crippen molar-refractivity contribution in [1.29, 1.82) is 0 Å². The topological polar surface area (TPSA) is 79.8 Å². The van der Waals surface area contributed by atoms with Gasteiger partial charge in [-0.15, -0.1) is 0 Å². The molecule has 0 unspecified atom stereocenters. The maximum absolute atomic E-state index is 12.3. The smallest absolute Gasteiger partial charge is 0.271 e. The van der Waals surface area contributed by atoms with Crippen molar-refractivity contribution in [2.45, 2.75) is 6.92 Å². The second kappa shape index (κ2) is 9.32. The second-order valence-electron chi connectivity index (χ2n) is 6.34. The Balaban J connectivity index is 1.60. The molecule has 3 rings (SSSR count). The van der Waals surface area contributed by atoms with E-state index in [-0.39, 0.29) is 11.8 Å². The van der Waals surface area contributed by atoms with Crippen LogP contribution in [-0.4, -0.2) is 25.1 Å². The SMILES string of the molecule is COc1ccccc1C=NNC(=O)c1ccc(NC(=O)c2cccc(C)c2)cc1. The molecule has 3 aromatic carbocycles. The average molecular weight is 387 g/mol. The van der Waals surface area contributed by atoms with Gasteiger partial charge >= 0.3 is 0 Å². The first kappa shape index (κ1) is 19.8. The zero-order valence-corrected chi connectivity index (χ0v) is 16.2. The maximum atomic E-state index is 12.3. The summed E-state index contributed by atoms with van der Waals surface area (Å²) in [7, 11) is 1.57. The van der Waals surface area contributed by atoms with Crippen LogP contribution in [0.2, 0.25) is 0 Å². The van der Waals surface area contributed by atoms with Crippen molar-refractivity contribution >= 4 is 23.7 Å². The summed E-state index contributed by atoms with van der Waals surface area (Å²) in [5.74, 6) is 0.110. The van der Waals surface area contributed by atoms with Crippen LogP contribution in [-0.2, 0) is 0 Å². The summed E-state index contributed by atoms with van der Waals surface area (Å²) in [6.45, 7) is 1.93. The molecule has 0 heterocycles. The van der Waals surface area contributed by atoms with Crippen LogP contribution in [0.5, 0.6) is 5.75 Å². The minimum absolute atomic E-state index is 0.202. The van der Waals surface area contributed by atoms with Gasteiger partial charge in [-0.05, 0) is 55.5 Å². The van der Waals surface area contributed by atoms with Crippen LogP contribution in [0.4, 0.5) is 5.69 Å². The fraction of sp³-hybridized carbons (Fsp3) is 0.0870. The molecule has 6 heteroatoms. The van der Waals surface area contributed by atoms with Crippen molar-refractivity contribution < 1.29 is 14.3 Å². The summed E-state index contributed by atoms with van der Waals surface area (Å²) in [4.78, 5) is 24.5. The molecular weight excluding hydrogens is 366 g/mol. The zero-order chi connectivity index (χ0) is 20.6. The summed E-state index contributed by atoms with van der Waals surface area (Å²) in [6.07, 6.45) is 1.52. The number of nitrogens with one attached hydrogen (secondary N) is 2. The van der Waals surface area contributed by atoms with Gasteiger partial charge in [0.1, 0.15) is 5.75 Å². The molecular formula is C23H21N3O3. The van der Waals surface area contributed by atoms with Crippen LogP contribution in [0.1, 0.15) is 31.8 Å². The van der Waals surface area contributed by atoms with Crippen LogP contribution in [0.15, 0.2) is 77.9 Å². The van der Waals surface area contributed by atoms with Crippen LogP contribution in [0.3, 0.4) is 0 Å². The lowest BCUT2D eigenvalue weighted by Crippen LogP contribution is -2.18. The molecule has 0 aliphatic rings. The molecule has 0 saturated heterocycles. The Morgan fingerprint density at radius 2 is 1.66 bits per heavy atom. The lowest BCUT2D eigenvalue weighted by atomic mass is 10.1. The highest BCUT2D eigenvalue weighted by molar-refractivity contribution is 6.04. The standard InChI is InChI=1S/C23H21N3O3/c1-16-6-5-8-18(14-16)22(27)25-20-12-10-17(11-13-20)23(28)26-24-15-19-7-3-4-9-21(19)29-2/h3-15H,1-2H3,(H,25,27)(H,26,28). The van der Waals surface area contributed by atoms with Gasteiger partial charge in [-0.25, -0.2) is 5.43 Å². The van der Waals surface area contributed by atoms with Gasteiger partial charge in [0.05, 0.1) is 13.3 Å². The molecule has 146 valence electrons. The number of para-hydroxylation sites is 1. The van der Waals surface area contributed by atoms with Gasteiger partial charge in [0.2, 0.25) is 0 Å². The van der Waals surface area contributed by atoms with Crippen LogP contribution in [0, 0.1) is 6.92 Å². The molecule has 0 radical (unpaired) electrons. The third-order valence-electron chi connectivity index (χ3n) is 4.19. The third-order valence-corrected chi connectivity index (χ3v) is 4.19. The molecule has 29 heavy (non-hydrogen) atoms. The second-order valence-corrected chi connectivity index (χ2v) is 6.34. The molecule has 2 amide bonds. The van der Waals surface area contributed by atoms with Gasteiger partial charge in [-0.3, -0.25) is 9.59 Å². The summed E-state index contributed by atoms with van der Waals surface area (Å²) in [5, 5.41) is 6.79. The molecule has 0 fully saturated rings. The predicted octanol–water partition coefficient (Wildman–Crippen LogP) is 4.02. The van der Waals surface area contributed by atoms with E-state index in [9.17, 15) is 9.59 Å². The summed E-state index contributed by atoms with van der Waals surface area (Å²) in [6, 6.07) is 21.3. The third kappa shape index (κ3) is 5.29. The Bertz CT molecular complexity index is 1040. The highest BCUT2D eigenvalue weighted by Crippen LogP contribution is 2.15. The number of hydrogen-bond donors (Lipinski definition) is 2. The zero-order valence-electron chi connectivity index (χ0n) is 16.2. The number of hydrazone groups is 1. The fourth-order valence-corrected chi connectivity index (χ4v) is 2.69. The minimum atomic E-state index is -0.354. The van der Waals surface area contributed by atoms with E-state index < -0.39 is 0 Å². The van der Waals surface area contributed by atoms with Gasteiger partial charge in [0.15, 0.2) is 0 Å². The van der Waals surface area contributed by atoms with E-state index in [2.05, 4.69) is 15.8 Å².